The first-order valence-corrected chi connectivity index (χ1v) is 9.22. The fourth-order valence-electron chi connectivity index (χ4n) is 2.96. The zero-order valence-corrected chi connectivity index (χ0v) is 14.6. The molecule has 0 amide bonds. The molecule has 2 rings (SSSR count). The van der Waals surface area contributed by atoms with Gasteiger partial charge < -0.3 is 5.32 Å². The maximum Gasteiger partial charge on any atom is 0.0416 e. The van der Waals surface area contributed by atoms with Crippen molar-refractivity contribution in [1.29, 1.82) is 0 Å². The van der Waals surface area contributed by atoms with Crippen LogP contribution < -0.4 is 5.32 Å². The number of allylic oxidation sites excluding steroid dienone is 1. The molecule has 1 aromatic rings. The van der Waals surface area contributed by atoms with Gasteiger partial charge in [-0.15, -0.1) is 11.3 Å². The van der Waals surface area contributed by atoms with E-state index in [1.165, 1.54) is 49.2 Å². The lowest BCUT2D eigenvalue weighted by Crippen LogP contribution is -2.43. The standard InChI is InChI=1S/C18H30N2S/c1-4-6-17(18-7-5-14-21-18)19-16-9-12-20(13-10-16)11-8-15(2)3/h5,7-8,14,16-17,19H,4,6,9-13H2,1-3H3. The highest BCUT2D eigenvalue weighted by atomic mass is 32.1. The summed E-state index contributed by atoms with van der Waals surface area (Å²) in [6.07, 6.45) is 7.40. The van der Waals surface area contributed by atoms with Gasteiger partial charge in [-0.2, -0.15) is 0 Å². The number of piperidine rings is 1. The number of nitrogens with zero attached hydrogens (tertiary/aromatic N) is 1. The molecule has 2 heterocycles. The molecule has 1 saturated heterocycles. The van der Waals surface area contributed by atoms with E-state index in [2.05, 4.69) is 54.6 Å². The summed E-state index contributed by atoms with van der Waals surface area (Å²) in [5, 5.41) is 6.11. The number of hydrogen-bond acceptors (Lipinski definition) is 3. The van der Waals surface area contributed by atoms with Crippen LogP contribution in [-0.4, -0.2) is 30.6 Å². The summed E-state index contributed by atoms with van der Waals surface area (Å²) >= 11 is 1.89. The lowest BCUT2D eigenvalue weighted by Gasteiger charge is -2.34. The first-order valence-electron chi connectivity index (χ1n) is 8.34. The van der Waals surface area contributed by atoms with Gasteiger partial charge in [-0.1, -0.05) is 31.1 Å². The van der Waals surface area contributed by atoms with Gasteiger partial charge in [-0.05, 0) is 57.6 Å². The molecule has 0 aliphatic carbocycles. The van der Waals surface area contributed by atoms with Gasteiger partial charge in [-0.25, -0.2) is 0 Å². The van der Waals surface area contributed by atoms with Crippen LogP contribution in [0.3, 0.4) is 0 Å². The minimum Gasteiger partial charge on any atom is -0.306 e. The van der Waals surface area contributed by atoms with Gasteiger partial charge in [0.05, 0.1) is 0 Å². The van der Waals surface area contributed by atoms with Crippen LogP contribution in [0.1, 0.15) is 57.4 Å². The van der Waals surface area contributed by atoms with Crippen LogP contribution in [0.5, 0.6) is 0 Å². The third kappa shape index (κ3) is 5.57. The summed E-state index contributed by atoms with van der Waals surface area (Å²) < 4.78 is 0. The topological polar surface area (TPSA) is 15.3 Å². The van der Waals surface area contributed by atoms with Gasteiger partial charge in [0.1, 0.15) is 0 Å². The summed E-state index contributed by atoms with van der Waals surface area (Å²) in [5.74, 6) is 0. The third-order valence-corrected chi connectivity index (χ3v) is 5.23. The van der Waals surface area contributed by atoms with E-state index in [4.69, 9.17) is 0 Å². The van der Waals surface area contributed by atoms with E-state index in [1.807, 2.05) is 11.3 Å². The zero-order chi connectivity index (χ0) is 15.1. The van der Waals surface area contributed by atoms with E-state index in [-0.39, 0.29) is 0 Å². The van der Waals surface area contributed by atoms with Crippen LogP contribution in [0.25, 0.3) is 0 Å². The molecule has 3 heteroatoms. The predicted molar refractivity (Wildman–Crippen MR) is 94.0 cm³/mol. The molecule has 1 aliphatic heterocycles. The lowest BCUT2D eigenvalue weighted by molar-refractivity contribution is 0.205. The largest absolute Gasteiger partial charge is 0.306 e. The maximum absolute atomic E-state index is 3.91. The predicted octanol–water partition coefficient (Wildman–Crippen LogP) is 4.61. The quantitative estimate of drug-likeness (QED) is 0.740. The monoisotopic (exact) mass is 306 g/mol. The van der Waals surface area contributed by atoms with Gasteiger partial charge in [0.15, 0.2) is 0 Å². The van der Waals surface area contributed by atoms with Crippen molar-refractivity contribution in [2.75, 3.05) is 19.6 Å². The molecule has 0 saturated carbocycles. The van der Waals surface area contributed by atoms with E-state index >= 15 is 0 Å². The van der Waals surface area contributed by atoms with Crippen molar-refractivity contribution in [3.63, 3.8) is 0 Å². The second kappa shape index (κ2) is 8.72. The van der Waals surface area contributed by atoms with Gasteiger partial charge in [-0.3, -0.25) is 4.90 Å². The SMILES string of the molecule is CCCC(NC1CCN(CC=C(C)C)CC1)c1cccs1. The average molecular weight is 307 g/mol. The summed E-state index contributed by atoms with van der Waals surface area (Å²) in [7, 11) is 0. The van der Waals surface area contributed by atoms with Crippen molar-refractivity contribution in [1.82, 2.24) is 10.2 Å². The fraction of sp³-hybridized carbons (Fsp3) is 0.667. The molecule has 0 bridgehead atoms. The molecule has 1 unspecified atom stereocenters. The molecule has 1 aliphatic rings. The molecule has 2 nitrogen and oxygen atoms in total. The number of thiophene rings is 1. The molecule has 1 atom stereocenters. The van der Waals surface area contributed by atoms with E-state index in [0.717, 1.165) is 6.54 Å². The highest BCUT2D eigenvalue weighted by Gasteiger charge is 2.22. The first kappa shape index (κ1) is 16.7. The number of likely N-dealkylation sites (tertiary alicyclic amines) is 1. The minimum absolute atomic E-state index is 0.560. The lowest BCUT2D eigenvalue weighted by atomic mass is 10.0. The highest BCUT2D eigenvalue weighted by molar-refractivity contribution is 7.10. The highest BCUT2D eigenvalue weighted by Crippen LogP contribution is 2.25. The molecule has 0 radical (unpaired) electrons. The van der Waals surface area contributed by atoms with Crippen LogP contribution in [0, 0.1) is 0 Å². The van der Waals surface area contributed by atoms with Crippen molar-refractivity contribution in [2.45, 2.75) is 58.5 Å². The molecule has 1 aromatic heterocycles. The van der Waals surface area contributed by atoms with E-state index in [0.29, 0.717) is 12.1 Å². The van der Waals surface area contributed by atoms with Gasteiger partial charge in [0.2, 0.25) is 0 Å². The van der Waals surface area contributed by atoms with E-state index in [9.17, 15) is 0 Å². The van der Waals surface area contributed by atoms with E-state index in [1.54, 1.807) is 0 Å². The maximum atomic E-state index is 3.91. The van der Waals surface area contributed by atoms with Gasteiger partial charge in [0.25, 0.3) is 0 Å². The number of nitrogens with one attached hydrogen (secondary N) is 1. The molecule has 0 aromatic carbocycles. The summed E-state index contributed by atoms with van der Waals surface area (Å²) in [5.41, 5.74) is 1.43. The minimum atomic E-state index is 0.560. The van der Waals surface area contributed by atoms with Crippen LogP contribution in [-0.2, 0) is 0 Å². The Labute approximate surface area is 134 Å². The Hall–Kier alpha value is -0.640. The Morgan fingerprint density at radius 2 is 2.19 bits per heavy atom. The Bertz CT molecular complexity index is 412. The van der Waals surface area contributed by atoms with Crippen molar-refractivity contribution in [3.05, 3.63) is 34.0 Å². The fourth-order valence-corrected chi connectivity index (χ4v) is 3.79. The Morgan fingerprint density at radius 3 is 2.76 bits per heavy atom. The van der Waals surface area contributed by atoms with Crippen molar-refractivity contribution < 1.29 is 0 Å². The van der Waals surface area contributed by atoms with Crippen LogP contribution in [0.15, 0.2) is 29.2 Å². The molecular weight excluding hydrogens is 276 g/mol. The summed E-state index contributed by atoms with van der Waals surface area (Å²) in [6.45, 7) is 10.2. The van der Waals surface area contributed by atoms with Crippen molar-refractivity contribution in [3.8, 4) is 0 Å². The normalized spacial score (nSPS) is 18.6. The molecule has 0 spiro atoms. The second-order valence-electron chi connectivity index (χ2n) is 6.38. The van der Waals surface area contributed by atoms with Crippen LogP contribution >= 0.6 is 11.3 Å². The summed E-state index contributed by atoms with van der Waals surface area (Å²) in [6, 6.07) is 5.70. The van der Waals surface area contributed by atoms with Gasteiger partial charge in [0, 0.05) is 23.5 Å². The zero-order valence-electron chi connectivity index (χ0n) is 13.8. The van der Waals surface area contributed by atoms with Crippen molar-refractivity contribution in [2.24, 2.45) is 0 Å². The Balaban J connectivity index is 1.80. The molecule has 1 N–H and O–H groups in total. The van der Waals surface area contributed by atoms with Crippen LogP contribution in [0.4, 0.5) is 0 Å². The number of hydrogen-bond donors (Lipinski definition) is 1. The smallest absolute Gasteiger partial charge is 0.0416 e. The molecule has 118 valence electrons. The summed E-state index contributed by atoms with van der Waals surface area (Å²) in [4.78, 5) is 4.08. The van der Waals surface area contributed by atoms with Crippen LogP contribution in [0.2, 0.25) is 0 Å². The molecule has 21 heavy (non-hydrogen) atoms. The average Bonchev–Trinajstić information content (AvgIpc) is 3.00. The first-order chi connectivity index (χ1) is 10.2. The third-order valence-electron chi connectivity index (χ3n) is 4.25. The molecular formula is C18H30N2S. The molecule has 1 fully saturated rings. The Kier molecular flexibility index (Phi) is 6.94. The van der Waals surface area contributed by atoms with Gasteiger partial charge >= 0.3 is 0 Å². The van der Waals surface area contributed by atoms with Crippen molar-refractivity contribution >= 4 is 11.3 Å². The Morgan fingerprint density at radius 1 is 1.43 bits per heavy atom. The second-order valence-corrected chi connectivity index (χ2v) is 7.36. The van der Waals surface area contributed by atoms with E-state index < -0.39 is 0 Å². The number of rotatable bonds is 7.